The molecule has 0 rings (SSSR count). The predicted molar refractivity (Wildman–Crippen MR) is 59.0 cm³/mol. The highest BCUT2D eigenvalue weighted by atomic mass is 16.5. The first-order valence-corrected chi connectivity index (χ1v) is 5.34. The average molecular weight is 184 g/mol. The summed E-state index contributed by atoms with van der Waals surface area (Å²) in [4.78, 5) is 0. The summed E-state index contributed by atoms with van der Waals surface area (Å²) in [7, 11) is 1.79. The maximum Gasteiger partial charge on any atom is 0.0684 e. The van der Waals surface area contributed by atoms with Crippen LogP contribution in [0, 0.1) is 0 Å². The van der Waals surface area contributed by atoms with Crippen molar-refractivity contribution in [1.29, 1.82) is 0 Å². The topological polar surface area (TPSA) is 9.23 Å². The molecule has 0 fully saturated rings. The van der Waals surface area contributed by atoms with Crippen LogP contribution in [0.2, 0.25) is 0 Å². The monoisotopic (exact) mass is 184 g/mol. The highest BCUT2D eigenvalue weighted by Crippen LogP contribution is 2.22. The molecule has 0 aliphatic carbocycles. The van der Waals surface area contributed by atoms with E-state index in [1.165, 1.54) is 25.7 Å². The Kier molecular flexibility index (Phi) is 6.97. The van der Waals surface area contributed by atoms with Gasteiger partial charge in [0.15, 0.2) is 0 Å². The third kappa shape index (κ3) is 5.87. The molecule has 1 nitrogen and oxygen atoms in total. The van der Waals surface area contributed by atoms with Gasteiger partial charge in [-0.1, -0.05) is 38.7 Å². The van der Waals surface area contributed by atoms with Crippen LogP contribution in [0.5, 0.6) is 0 Å². The molecule has 0 aliphatic rings. The first kappa shape index (κ1) is 12.7. The number of ether oxygens (including phenoxy) is 1. The summed E-state index contributed by atoms with van der Waals surface area (Å²) in [5.74, 6) is 0. The molecule has 0 bridgehead atoms. The molecule has 13 heavy (non-hydrogen) atoms. The van der Waals surface area contributed by atoms with Crippen LogP contribution in [0.4, 0.5) is 0 Å². The first-order valence-electron chi connectivity index (χ1n) is 5.34. The van der Waals surface area contributed by atoms with E-state index in [0.29, 0.717) is 0 Å². The lowest BCUT2D eigenvalue weighted by Crippen LogP contribution is -2.26. The van der Waals surface area contributed by atoms with Crippen molar-refractivity contribution in [3.63, 3.8) is 0 Å². The highest BCUT2D eigenvalue weighted by molar-refractivity contribution is 4.83. The quantitative estimate of drug-likeness (QED) is 0.410. The molecule has 0 aromatic heterocycles. The first-order chi connectivity index (χ1) is 6.18. The van der Waals surface area contributed by atoms with Crippen LogP contribution in [0.1, 0.15) is 52.4 Å². The van der Waals surface area contributed by atoms with E-state index in [2.05, 4.69) is 20.4 Å². The maximum absolute atomic E-state index is 5.49. The summed E-state index contributed by atoms with van der Waals surface area (Å²) >= 11 is 0. The van der Waals surface area contributed by atoms with Gasteiger partial charge in [-0.05, 0) is 19.8 Å². The molecule has 0 N–H and O–H groups in total. The van der Waals surface area contributed by atoms with Crippen molar-refractivity contribution in [3.05, 3.63) is 12.7 Å². The summed E-state index contributed by atoms with van der Waals surface area (Å²) in [5.41, 5.74) is 0.0233. The Balaban J connectivity index is 3.63. The zero-order valence-corrected chi connectivity index (χ0v) is 9.44. The van der Waals surface area contributed by atoms with Gasteiger partial charge >= 0.3 is 0 Å². The van der Waals surface area contributed by atoms with Gasteiger partial charge in [0.05, 0.1) is 5.60 Å². The molecule has 0 heterocycles. The highest BCUT2D eigenvalue weighted by Gasteiger charge is 2.20. The van der Waals surface area contributed by atoms with Gasteiger partial charge in [-0.15, -0.1) is 6.58 Å². The lowest BCUT2D eigenvalue weighted by atomic mass is 9.94. The summed E-state index contributed by atoms with van der Waals surface area (Å²) < 4.78 is 5.49. The fourth-order valence-electron chi connectivity index (χ4n) is 1.52. The van der Waals surface area contributed by atoms with Crippen molar-refractivity contribution in [2.75, 3.05) is 7.11 Å². The molecule has 0 spiro atoms. The number of methoxy groups -OCH3 is 1. The molecule has 0 saturated heterocycles. The van der Waals surface area contributed by atoms with Gasteiger partial charge in [0.1, 0.15) is 0 Å². The van der Waals surface area contributed by atoms with Gasteiger partial charge in [-0.25, -0.2) is 0 Å². The van der Waals surface area contributed by atoms with Gasteiger partial charge in [-0.2, -0.15) is 0 Å². The van der Waals surface area contributed by atoms with Crippen LogP contribution < -0.4 is 0 Å². The zero-order valence-electron chi connectivity index (χ0n) is 9.44. The summed E-state index contributed by atoms with van der Waals surface area (Å²) in [6.07, 6.45) is 9.28. The lowest BCUT2D eigenvalue weighted by Gasteiger charge is -2.26. The Morgan fingerprint density at radius 2 is 2.00 bits per heavy atom. The van der Waals surface area contributed by atoms with E-state index in [4.69, 9.17) is 4.74 Å². The van der Waals surface area contributed by atoms with E-state index in [1.807, 2.05) is 6.08 Å². The van der Waals surface area contributed by atoms with Crippen LogP contribution in [0.3, 0.4) is 0 Å². The zero-order chi connectivity index (χ0) is 10.2. The Labute approximate surface area is 83.2 Å². The second kappa shape index (κ2) is 7.14. The second-order valence-corrected chi connectivity index (χ2v) is 3.96. The fourth-order valence-corrected chi connectivity index (χ4v) is 1.52. The fraction of sp³-hybridized carbons (Fsp3) is 0.833. The van der Waals surface area contributed by atoms with Crippen LogP contribution in [-0.2, 0) is 4.74 Å². The van der Waals surface area contributed by atoms with Crippen molar-refractivity contribution in [2.24, 2.45) is 0 Å². The number of hydrogen-bond acceptors (Lipinski definition) is 1. The minimum atomic E-state index is 0.0233. The summed E-state index contributed by atoms with van der Waals surface area (Å²) in [5, 5.41) is 0. The Bertz CT molecular complexity index is 131. The Morgan fingerprint density at radius 3 is 2.46 bits per heavy atom. The van der Waals surface area contributed by atoms with Crippen molar-refractivity contribution in [3.8, 4) is 0 Å². The normalized spacial score (nSPS) is 15.3. The van der Waals surface area contributed by atoms with Crippen LogP contribution in [0.25, 0.3) is 0 Å². The molecule has 0 aromatic carbocycles. The van der Waals surface area contributed by atoms with Gasteiger partial charge in [-0.3, -0.25) is 0 Å². The van der Waals surface area contributed by atoms with Gasteiger partial charge in [0.2, 0.25) is 0 Å². The largest absolute Gasteiger partial charge is 0.378 e. The third-order valence-corrected chi connectivity index (χ3v) is 2.63. The van der Waals surface area contributed by atoms with E-state index in [0.717, 1.165) is 12.8 Å². The van der Waals surface area contributed by atoms with Gasteiger partial charge < -0.3 is 4.74 Å². The van der Waals surface area contributed by atoms with E-state index in [9.17, 15) is 0 Å². The molecule has 0 saturated carbocycles. The molecule has 0 aliphatic heterocycles. The minimum absolute atomic E-state index is 0.0233. The van der Waals surface area contributed by atoms with Crippen molar-refractivity contribution in [2.45, 2.75) is 58.0 Å². The van der Waals surface area contributed by atoms with Gasteiger partial charge in [0, 0.05) is 7.11 Å². The summed E-state index contributed by atoms with van der Waals surface area (Å²) in [6.45, 7) is 8.16. The van der Waals surface area contributed by atoms with Crippen molar-refractivity contribution >= 4 is 0 Å². The molecule has 1 atom stereocenters. The Morgan fingerprint density at radius 1 is 1.31 bits per heavy atom. The Hall–Kier alpha value is -0.300. The van der Waals surface area contributed by atoms with E-state index in [1.54, 1.807) is 7.11 Å². The van der Waals surface area contributed by atoms with Crippen LogP contribution in [0.15, 0.2) is 12.7 Å². The smallest absolute Gasteiger partial charge is 0.0684 e. The minimum Gasteiger partial charge on any atom is -0.378 e. The third-order valence-electron chi connectivity index (χ3n) is 2.63. The molecular formula is C12H24O. The molecule has 0 radical (unpaired) electrons. The standard InChI is InChI=1S/C12H24O/c1-5-7-8-9-11-12(3,13-4)10-6-2/h6H,2,5,7-11H2,1,3-4H3. The molecule has 78 valence electrons. The predicted octanol–water partition coefficient (Wildman–Crippen LogP) is 3.94. The number of unbranched alkanes of at least 4 members (excludes halogenated alkanes) is 3. The molecule has 1 heteroatoms. The summed E-state index contributed by atoms with van der Waals surface area (Å²) in [6, 6.07) is 0. The molecule has 0 aromatic rings. The second-order valence-electron chi connectivity index (χ2n) is 3.96. The number of rotatable bonds is 8. The SMILES string of the molecule is C=CCC(C)(CCCCCC)OC. The van der Waals surface area contributed by atoms with E-state index in [-0.39, 0.29) is 5.60 Å². The molecule has 1 unspecified atom stereocenters. The van der Waals surface area contributed by atoms with E-state index >= 15 is 0 Å². The lowest BCUT2D eigenvalue weighted by molar-refractivity contribution is -0.000471. The maximum atomic E-state index is 5.49. The van der Waals surface area contributed by atoms with Crippen LogP contribution >= 0.6 is 0 Å². The van der Waals surface area contributed by atoms with Crippen molar-refractivity contribution < 1.29 is 4.74 Å². The molecular weight excluding hydrogens is 160 g/mol. The number of hydrogen-bond donors (Lipinski definition) is 0. The average Bonchev–Trinajstić information content (AvgIpc) is 2.13. The van der Waals surface area contributed by atoms with Crippen molar-refractivity contribution in [1.82, 2.24) is 0 Å². The van der Waals surface area contributed by atoms with E-state index < -0.39 is 0 Å². The van der Waals surface area contributed by atoms with Gasteiger partial charge in [0.25, 0.3) is 0 Å². The van der Waals surface area contributed by atoms with Crippen LogP contribution in [-0.4, -0.2) is 12.7 Å². The molecule has 0 amide bonds.